The third-order valence-electron chi connectivity index (χ3n) is 1.15. The number of halogens is 1. The van der Waals surface area contributed by atoms with E-state index in [1.807, 2.05) is 25.1 Å². The van der Waals surface area contributed by atoms with Crippen LogP contribution in [0.15, 0.2) is 18.2 Å². The second-order valence-electron chi connectivity index (χ2n) is 1.93. The summed E-state index contributed by atoms with van der Waals surface area (Å²) in [6.07, 6.45) is 0. The number of methoxy groups -OCH3 is 1. The molecular formula is C8H9BrMgO. The fourth-order valence-corrected chi connectivity index (χ4v) is 0.670. The SMILES string of the molecule is COc1[c-]ccc(C)c1.[Br-].[Mg+2]. The largest absolute Gasteiger partial charge is 2.00 e. The van der Waals surface area contributed by atoms with Crippen LogP contribution in [0.5, 0.6) is 5.75 Å². The molecule has 1 nitrogen and oxygen atoms in total. The molecule has 0 aromatic heterocycles. The monoisotopic (exact) mass is 224 g/mol. The summed E-state index contributed by atoms with van der Waals surface area (Å²) in [5, 5.41) is 0. The van der Waals surface area contributed by atoms with Gasteiger partial charge in [-0.1, -0.05) is 6.92 Å². The summed E-state index contributed by atoms with van der Waals surface area (Å²) in [5.74, 6) is 0.801. The Morgan fingerprint density at radius 2 is 2.09 bits per heavy atom. The molecule has 0 aliphatic carbocycles. The summed E-state index contributed by atoms with van der Waals surface area (Å²) in [6, 6.07) is 8.73. The molecule has 0 unspecified atom stereocenters. The van der Waals surface area contributed by atoms with E-state index in [1.54, 1.807) is 7.11 Å². The Bertz CT molecular complexity index is 203. The number of rotatable bonds is 1. The molecule has 0 amide bonds. The topological polar surface area (TPSA) is 9.23 Å². The van der Waals surface area contributed by atoms with Crippen molar-refractivity contribution in [3.63, 3.8) is 0 Å². The molecule has 0 saturated carbocycles. The standard InChI is InChI=1S/C8H9O.BrH.Mg/c1-7-4-3-5-8(6-7)9-2;;/h3-4,6H,1-2H3;1H;/q-1;;+2/p-1. The van der Waals surface area contributed by atoms with E-state index in [1.165, 1.54) is 5.56 Å². The minimum Gasteiger partial charge on any atom is -1.00 e. The number of ether oxygens (including phenoxy) is 1. The van der Waals surface area contributed by atoms with Crippen LogP contribution in [-0.2, 0) is 0 Å². The van der Waals surface area contributed by atoms with Crippen LogP contribution in [0, 0.1) is 13.0 Å². The molecule has 0 saturated heterocycles. The Morgan fingerprint density at radius 3 is 2.45 bits per heavy atom. The maximum Gasteiger partial charge on any atom is 2.00 e. The van der Waals surface area contributed by atoms with Gasteiger partial charge in [0, 0.05) is 5.75 Å². The van der Waals surface area contributed by atoms with Crippen molar-refractivity contribution in [2.75, 3.05) is 7.11 Å². The van der Waals surface area contributed by atoms with E-state index in [4.69, 9.17) is 4.74 Å². The van der Waals surface area contributed by atoms with Crippen molar-refractivity contribution in [2.45, 2.75) is 6.92 Å². The summed E-state index contributed by atoms with van der Waals surface area (Å²) in [6.45, 7) is 2.02. The van der Waals surface area contributed by atoms with E-state index in [0.29, 0.717) is 0 Å². The van der Waals surface area contributed by atoms with Crippen LogP contribution < -0.4 is 21.7 Å². The van der Waals surface area contributed by atoms with E-state index in [0.717, 1.165) is 5.75 Å². The van der Waals surface area contributed by atoms with Crippen molar-refractivity contribution in [1.82, 2.24) is 0 Å². The predicted molar refractivity (Wildman–Crippen MR) is 42.3 cm³/mol. The fourth-order valence-electron chi connectivity index (χ4n) is 0.670. The minimum atomic E-state index is 0. The molecular weight excluding hydrogens is 216 g/mol. The van der Waals surface area contributed by atoms with Gasteiger partial charge >= 0.3 is 23.1 Å². The van der Waals surface area contributed by atoms with E-state index < -0.39 is 0 Å². The Hall–Kier alpha value is 0.266. The molecule has 1 aromatic rings. The first-order valence-corrected chi connectivity index (χ1v) is 2.85. The minimum absolute atomic E-state index is 0. The molecule has 0 aliphatic rings. The average Bonchev–Trinajstić information content (AvgIpc) is 1.88. The summed E-state index contributed by atoms with van der Waals surface area (Å²) < 4.78 is 4.94. The molecule has 0 heterocycles. The number of benzene rings is 1. The van der Waals surface area contributed by atoms with Gasteiger partial charge in [0.25, 0.3) is 0 Å². The Labute approximate surface area is 94.1 Å². The van der Waals surface area contributed by atoms with Crippen LogP contribution >= 0.6 is 0 Å². The van der Waals surface area contributed by atoms with Crippen molar-refractivity contribution in [3.05, 3.63) is 29.8 Å². The van der Waals surface area contributed by atoms with E-state index in [9.17, 15) is 0 Å². The molecule has 0 fully saturated rings. The zero-order chi connectivity index (χ0) is 6.69. The predicted octanol–water partition coefficient (Wildman–Crippen LogP) is -1.57. The van der Waals surface area contributed by atoms with Crippen LogP contribution in [0.25, 0.3) is 0 Å². The summed E-state index contributed by atoms with van der Waals surface area (Å²) in [7, 11) is 1.64. The van der Waals surface area contributed by atoms with Crippen LogP contribution in [0.3, 0.4) is 0 Å². The number of hydrogen-bond donors (Lipinski definition) is 0. The van der Waals surface area contributed by atoms with Gasteiger partial charge in [-0.2, -0.15) is 17.7 Å². The maximum atomic E-state index is 4.94. The van der Waals surface area contributed by atoms with Crippen molar-refractivity contribution >= 4 is 23.1 Å². The first kappa shape index (κ1) is 13.8. The van der Waals surface area contributed by atoms with Crippen molar-refractivity contribution in [1.29, 1.82) is 0 Å². The molecule has 0 aliphatic heterocycles. The van der Waals surface area contributed by atoms with Gasteiger partial charge in [-0.25, -0.2) is 0 Å². The van der Waals surface area contributed by atoms with Gasteiger partial charge in [0.2, 0.25) is 0 Å². The van der Waals surface area contributed by atoms with Crippen LogP contribution in [0.4, 0.5) is 0 Å². The molecule has 0 bridgehead atoms. The molecule has 3 heteroatoms. The van der Waals surface area contributed by atoms with E-state index in [-0.39, 0.29) is 40.0 Å². The third-order valence-corrected chi connectivity index (χ3v) is 1.15. The average molecular weight is 225 g/mol. The zero-order valence-corrected chi connectivity index (χ0v) is 9.73. The van der Waals surface area contributed by atoms with Gasteiger partial charge < -0.3 is 21.7 Å². The smallest absolute Gasteiger partial charge is 1.00 e. The first-order chi connectivity index (χ1) is 4.33. The molecule has 0 atom stereocenters. The summed E-state index contributed by atoms with van der Waals surface area (Å²) >= 11 is 0. The molecule has 0 spiro atoms. The summed E-state index contributed by atoms with van der Waals surface area (Å²) in [4.78, 5) is 0. The van der Waals surface area contributed by atoms with Crippen molar-refractivity contribution < 1.29 is 21.7 Å². The second-order valence-corrected chi connectivity index (χ2v) is 1.93. The van der Waals surface area contributed by atoms with E-state index in [2.05, 4.69) is 6.07 Å². The second kappa shape index (κ2) is 6.94. The van der Waals surface area contributed by atoms with E-state index >= 15 is 0 Å². The van der Waals surface area contributed by atoms with Gasteiger partial charge in [0.1, 0.15) is 0 Å². The first-order valence-electron chi connectivity index (χ1n) is 2.85. The van der Waals surface area contributed by atoms with Gasteiger partial charge in [0.15, 0.2) is 0 Å². The van der Waals surface area contributed by atoms with Crippen molar-refractivity contribution in [3.8, 4) is 5.75 Å². The van der Waals surface area contributed by atoms with Gasteiger partial charge in [0.05, 0.1) is 7.11 Å². The molecule has 1 rings (SSSR count). The van der Waals surface area contributed by atoms with Gasteiger partial charge in [-0.3, -0.25) is 0 Å². The normalized spacial score (nSPS) is 7.45. The van der Waals surface area contributed by atoms with Crippen LogP contribution in [-0.4, -0.2) is 30.2 Å². The van der Waals surface area contributed by atoms with Gasteiger partial charge in [-0.15, -0.1) is 12.1 Å². The molecule has 11 heavy (non-hydrogen) atoms. The quantitative estimate of drug-likeness (QED) is 0.414. The zero-order valence-electron chi connectivity index (χ0n) is 6.73. The maximum absolute atomic E-state index is 4.94. The summed E-state index contributed by atoms with van der Waals surface area (Å²) in [5.41, 5.74) is 1.20. The molecule has 1 aromatic carbocycles. The Balaban J connectivity index is 0. The third kappa shape index (κ3) is 4.66. The fraction of sp³-hybridized carbons (Fsp3) is 0.250. The van der Waals surface area contributed by atoms with Crippen LogP contribution in [0.2, 0.25) is 0 Å². The van der Waals surface area contributed by atoms with Crippen molar-refractivity contribution in [2.24, 2.45) is 0 Å². The Morgan fingerprint density at radius 1 is 1.45 bits per heavy atom. The number of hydrogen-bond acceptors (Lipinski definition) is 1. The van der Waals surface area contributed by atoms with Gasteiger partial charge in [-0.05, 0) is 0 Å². The van der Waals surface area contributed by atoms with Crippen LogP contribution in [0.1, 0.15) is 5.56 Å². The number of aryl methyl sites for hydroxylation is 1. The Kier molecular flexibility index (Phi) is 8.73. The molecule has 0 radical (unpaired) electrons. The molecule has 56 valence electrons. The molecule has 0 N–H and O–H groups in total.